The van der Waals surface area contributed by atoms with Crippen molar-refractivity contribution in [1.82, 2.24) is 9.88 Å². The second-order valence-electron chi connectivity index (χ2n) is 6.85. The number of aromatic nitrogens is 1. The van der Waals surface area contributed by atoms with Crippen LogP contribution in [0, 0.1) is 5.41 Å². The lowest BCUT2D eigenvalue weighted by molar-refractivity contribution is -0.157. The van der Waals surface area contributed by atoms with Gasteiger partial charge >= 0.3 is 5.97 Å². The number of hydrogen-bond donors (Lipinski definition) is 0. The van der Waals surface area contributed by atoms with E-state index in [0.717, 1.165) is 31.4 Å². The molecule has 3 atom stereocenters. The van der Waals surface area contributed by atoms with Crippen LogP contribution in [-0.2, 0) is 16.1 Å². The monoisotopic (exact) mass is 348 g/mol. The summed E-state index contributed by atoms with van der Waals surface area (Å²) < 4.78 is 16.3. The van der Waals surface area contributed by atoms with Crippen LogP contribution in [0.5, 0.6) is 11.5 Å². The molecule has 1 aromatic heterocycles. The number of methoxy groups -OCH3 is 2. The van der Waals surface area contributed by atoms with Gasteiger partial charge in [0.1, 0.15) is 5.69 Å². The maximum Gasteiger partial charge on any atom is 0.313 e. The van der Waals surface area contributed by atoms with Crippen molar-refractivity contribution in [3.63, 3.8) is 0 Å². The molecule has 6 heteroatoms. The molecule has 0 aliphatic carbocycles. The highest BCUT2D eigenvalue weighted by Gasteiger charge is 2.59. The third-order valence-corrected chi connectivity index (χ3v) is 5.89. The summed E-state index contributed by atoms with van der Waals surface area (Å²) in [6.07, 6.45) is 5.58. The van der Waals surface area contributed by atoms with E-state index in [4.69, 9.17) is 14.2 Å². The number of carbonyl (C=O) groups excluding carboxylic acids is 1. The predicted octanol–water partition coefficient (Wildman–Crippen LogP) is 2.80. The molecule has 2 bridgehead atoms. The molecule has 0 radical (unpaired) electrons. The smallest absolute Gasteiger partial charge is 0.313 e. The van der Waals surface area contributed by atoms with Crippen LogP contribution >= 0.6 is 0 Å². The topological polar surface area (TPSA) is 60.9 Å². The van der Waals surface area contributed by atoms with E-state index >= 15 is 0 Å². The minimum atomic E-state index is -0.384. The summed E-state index contributed by atoms with van der Waals surface area (Å²) in [4.78, 5) is 19.6. The summed E-state index contributed by atoms with van der Waals surface area (Å²) in [5, 5.41) is 0. The molecule has 6 nitrogen and oxygen atoms in total. The Hall–Kier alpha value is -1.82. The van der Waals surface area contributed by atoms with E-state index in [-0.39, 0.29) is 17.4 Å². The molecule has 3 rings (SSSR count). The van der Waals surface area contributed by atoms with Crippen molar-refractivity contribution in [3.8, 4) is 11.5 Å². The van der Waals surface area contributed by atoms with Crippen LogP contribution in [-0.4, -0.2) is 48.8 Å². The van der Waals surface area contributed by atoms with Crippen LogP contribution in [0.25, 0.3) is 0 Å². The Labute approximate surface area is 149 Å². The first-order valence-corrected chi connectivity index (χ1v) is 9.10. The lowest BCUT2D eigenvalue weighted by Crippen LogP contribution is -2.44. The van der Waals surface area contributed by atoms with Crippen molar-refractivity contribution in [3.05, 3.63) is 18.0 Å². The van der Waals surface area contributed by atoms with Gasteiger partial charge in [0.2, 0.25) is 0 Å². The van der Waals surface area contributed by atoms with E-state index in [9.17, 15) is 4.79 Å². The maximum atomic E-state index is 12.7. The van der Waals surface area contributed by atoms with Crippen LogP contribution in [0.1, 0.15) is 45.2 Å². The first-order chi connectivity index (χ1) is 12.1. The Morgan fingerprint density at radius 1 is 1.32 bits per heavy atom. The van der Waals surface area contributed by atoms with Crippen molar-refractivity contribution in [1.29, 1.82) is 0 Å². The van der Waals surface area contributed by atoms with E-state index in [2.05, 4.69) is 16.8 Å². The average Bonchev–Trinajstić information content (AvgIpc) is 3.16. The fourth-order valence-electron chi connectivity index (χ4n) is 4.70. The highest BCUT2D eigenvalue weighted by Crippen LogP contribution is 2.53. The van der Waals surface area contributed by atoms with Gasteiger partial charge in [0.25, 0.3) is 0 Å². The van der Waals surface area contributed by atoms with Crippen molar-refractivity contribution in [2.75, 3.05) is 20.8 Å². The molecule has 138 valence electrons. The van der Waals surface area contributed by atoms with Gasteiger partial charge in [-0.25, -0.2) is 0 Å². The normalized spacial score (nSPS) is 28.2. The maximum absolute atomic E-state index is 12.7. The summed E-state index contributed by atoms with van der Waals surface area (Å²) in [6, 6.07) is 2.40. The molecule has 0 aromatic carbocycles. The largest absolute Gasteiger partial charge is 0.493 e. The summed E-state index contributed by atoms with van der Waals surface area (Å²) in [5.74, 6) is 1.32. The van der Waals surface area contributed by atoms with Crippen molar-refractivity contribution in [2.45, 2.75) is 58.2 Å². The van der Waals surface area contributed by atoms with E-state index in [0.29, 0.717) is 30.7 Å². The molecule has 2 fully saturated rings. The summed E-state index contributed by atoms with van der Waals surface area (Å²) >= 11 is 0. The van der Waals surface area contributed by atoms with E-state index in [1.54, 1.807) is 26.5 Å². The quantitative estimate of drug-likeness (QED) is 0.706. The number of pyridine rings is 1. The number of esters is 1. The van der Waals surface area contributed by atoms with Gasteiger partial charge in [-0.05, 0) is 32.6 Å². The van der Waals surface area contributed by atoms with E-state index in [1.807, 2.05) is 6.92 Å². The van der Waals surface area contributed by atoms with Gasteiger partial charge in [-0.3, -0.25) is 14.7 Å². The van der Waals surface area contributed by atoms with Gasteiger partial charge < -0.3 is 14.2 Å². The molecule has 2 saturated heterocycles. The molecule has 2 aliphatic heterocycles. The SMILES string of the molecule is CCOC(=O)[C@@]1(CC)C[C@H]2CC[C@@H]1N2Cc1nccc(OC)c1OC. The highest BCUT2D eigenvalue weighted by atomic mass is 16.5. The molecular weight excluding hydrogens is 320 g/mol. The fourth-order valence-corrected chi connectivity index (χ4v) is 4.70. The van der Waals surface area contributed by atoms with Crippen LogP contribution in [0.3, 0.4) is 0 Å². The van der Waals surface area contributed by atoms with Crippen molar-refractivity contribution >= 4 is 5.97 Å². The minimum Gasteiger partial charge on any atom is -0.493 e. The van der Waals surface area contributed by atoms with Gasteiger partial charge in [0, 0.05) is 30.9 Å². The number of ether oxygens (including phenoxy) is 3. The number of rotatable bonds is 7. The Kier molecular flexibility index (Phi) is 5.18. The lowest BCUT2D eigenvalue weighted by Gasteiger charge is -2.34. The first-order valence-electron chi connectivity index (χ1n) is 9.10. The van der Waals surface area contributed by atoms with Crippen molar-refractivity contribution < 1.29 is 19.0 Å². The molecule has 0 amide bonds. The number of hydrogen-bond acceptors (Lipinski definition) is 6. The standard InChI is InChI=1S/C19H28N2O4/c1-5-19(18(22)25-6-2)11-13-7-8-16(19)21(13)12-14-17(24-4)15(23-3)9-10-20-14/h9-10,13,16H,5-8,11-12H2,1-4H3/t13-,16+,19+/m1/s1. The van der Waals surface area contributed by atoms with Crippen LogP contribution in [0.15, 0.2) is 12.3 Å². The van der Waals surface area contributed by atoms with Gasteiger partial charge in [0.15, 0.2) is 11.5 Å². The van der Waals surface area contributed by atoms with Crippen LogP contribution in [0.4, 0.5) is 0 Å². The second-order valence-corrected chi connectivity index (χ2v) is 6.85. The van der Waals surface area contributed by atoms with Gasteiger partial charge in [-0.15, -0.1) is 0 Å². The highest BCUT2D eigenvalue weighted by molar-refractivity contribution is 5.78. The Balaban J connectivity index is 1.87. The third kappa shape index (κ3) is 2.86. The summed E-state index contributed by atoms with van der Waals surface area (Å²) in [5.41, 5.74) is 0.472. The molecule has 2 aliphatic rings. The Bertz CT molecular complexity index is 636. The van der Waals surface area contributed by atoms with Gasteiger partial charge in [-0.1, -0.05) is 6.92 Å². The van der Waals surface area contributed by atoms with E-state index < -0.39 is 0 Å². The average molecular weight is 348 g/mol. The predicted molar refractivity (Wildman–Crippen MR) is 93.7 cm³/mol. The van der Waals surface area contributed by atoms with Crippen molar-refractivity contribution in [2.24, 2.45) is 5.41 Å². The summed E-state index contributed by atoms with van der Waals surface area (Å²) in [7, 11) is 3.26. The van der Waals surface area contributed by atoms with Gasteiger partial charge in [0.05, 0.1) is 26.2 Å². The lowest BCUT2D eigenvalue weighted by atomic mass is 9.72. The third-order valence-electron chi connectivity index (χ3n) is 5.89. The second kappa shape index (κ2) is 7.20. The van der Waals surface area contributed by atoms with E-state index in [1.165, 1.54) is 0 Å². The molecular formula is C19H28N2O4. The molecule has 25 heavy (non-hydrogen) atoms. The zero-order chi connectivity index (χ0) is 18.0. The number of carbonyl (C=O) groups is 1. The zero-order valence-corrected chi connectivity index (χ0v) is 15.6. The Morgan fingerprint density at radius 3 is 2.76 bits per heavy atom. The number of fused-ring (bicyclic) bond motifs is 2. The molecule has 1 aromatic rings. The van der Waals surface area contributed by atoms with Gasteiger partial charge in [-0.2, -0.15) is 0 Å². The molecule has 0 saturated carbocycles. The van der Waals surface area contributed by atoms with Crippen LogP contribution < -0.4 is 9.47 Å². The first kappa shape index (κ1) is 18.0. The minimum absolute atomic E-state index is 0.0414. The summed E-state index contributed by atoms with van der Waals surface area (Å²) in [6.45, 7) is 5.07. The van der Waals surface area contributed by atoms with Crippen LogP contribution in [0.2, 0.25) is 0 Å². The number of nitrogens with zero attached hydrogens (tertiary/aromatic N) is 2. The molecule has 0 unspecified atom stereocenters. The Morgan fingerprint density at radius 2 is 2.12 bits per heavy atom. The molecule has 3 heterocycles. The molecule has 0 N–H and O–H groups in total. The fraction of sp³-hybridized carbons (Fsp3) is 0.684. The zero-order valence-electron chi connectivity index (χ0n) is 15.6. The molecule has 0 spiro atoms.